The summed E-state index contributed by atoms with van der Waals surface area (Å²) in [5, 5.41) is 1.41. The lowest BCUT2D eigenvalue weighted by Crippen LogP contribution is -2.57. The normalized spacial score (nSPS) is 23.7. The van der Waals surface area contributed by atoms with Crippen molar-refractivity contribution in [2.45, 2.75) is 24.8 Å². The van der Waals surface area contributed by atoms with Gasteiger partial charge in [0, 0.05) is 26.1 Å². The molecular weight excluding hydrogens is 324 g/mol. The summed E-state index contributed by atoms with van der Waals surface area (Å²) in [5.74, 6) is -0.125. The van der Waals surface area contributed by atoms with E-state index in [4.69, 9.17) is 14.0 Å². The molecule has 136 valence electrons. The molecule has 25 heavy (non-hydrogen) atoms. The number of amides is 1. The van der Waals surface area contributed by atoms with Crippen molar-refractivity contribution in [3.63, 3.8) is 0 Å². The molecule has 1 atom stereocenters. The summed E-state index contributed by atoms with van der Waals surface area (Å²) in [6.07, 6.45) is 7.17. The first-order valence-electron chi connectivity index (χ1n) is 8.48. The predicted molar refractivity (Wildman–Crippen MR) is 90.1 cm³/mol. The molecular formula is C18H24N2O5. The summed E-state index contributed by atoms with van der Waals surface area (Å²) < 4.78 is 10.2. The van der Waals surface area contributed by atoms with Gasteiger partial charge in [-0.25, -0.2) is 5.06 Å². The molecule has 1 aromatic heterocycles. The van der Waals surface area contributed by atoms with Gasteiger partial charge in [0.15, 0.2) is 0 Å². The number of methoxy groups -OCH3 is 1. The van der Waals surface area contributed by atoms with Crippen LogP contribution in [0.15, 0.2) is 28.9 Å². The highest BCUT2D eigenvalue weighted by molar-refractivity contribution is 5.88. The minimum absolute atomic E-state index is 0.149. The van der Waals surface area contributed by atoms with Gasteiger partial charge >= 0.3 is 5.97 Å². The molecule has 2 aliphatic heterocycles. The summed E-state index contributed by atoms with van der Waals surface area (Å²) in [4.78, 5) is 32.1. The predicted octanol–water partition coefficient (Wildman–Crippen LogP) is 1.71. The number of hydroxylamine groups is 2. The van der Waals surface area contributed by atoms with Gasteiger partial charge in [-0.05, 0) is 31.1 Å². The summed E-state index contributed by atoms with van der Waals surface area (Å²) >= 11 is 0. The van der Waals surface area contributed by atoms with E-state index in [0.29, 0.717) is 12.8 Å². The number of hydrogen-bond donors (Lipinski definition) is 0. The van der Waals surface area contributed by atoms with E-state index in [-0.39, 0.29) is 18.3 Å². The number of carbonyl (C=O) groups is 2. The number of piperidine rings is 1. The van der Waals surface area contributed by atoms with Gasteiger partial charge < -0.3 is 9.15 Å². The molecule has 0 radical (unpaired) electrons. The van der Waals surface area contributed by atoms with E-state index >= 15 is 0 Å². The van der Waals surface area contributed by atoms with Crippen LogP contribution in [0.2, 0.25) is 0 Å². The topological polar surface area (TPSA) is 72.2 Å². The third-order valence-corrected chi connectivity index (χ3v) is 5.24. The number of likely N-dealkylation sites (tertiary alicyclic amines) is 1. The van der Waals surface area contributed by atoms with Crippen LogP contribution in [-0.2, 0) is 19.2 Å². The highest BCUT2D eigenvalue weighted by Gasteiger charge is 2.58. The lowest BCUT2D eigenvalue weighted by molar-refractivity contribution is -0.209. The zero-order valence-corrected chi connectivity index (χ0v) is 14.6. The van der Waals surface area contributed by atoms with E-state index in [0.717, 1.165) is 25.4 Å². The number of esters is 1. The van der Waals surface area contributed by atoms with Crippen LogP contribution in [0, 0.1) is 5.92 Å². The van der Waals surface area contributed by atoms with E-state index in [1.54, 1.807) is 6.26 Å². The zero-order chi connectivity index (χ0) is 17.9. The largest absolute Gasteiger partial charge is 0.469 e. The van der Waals surface area contributed by atoms with Gasteiger partial charge in [0.05, 0.1) is 31.9 Å². The molecule has 2 fully saturated rings. The van der Waals surface area contributed by atoms with Crippen LogP contribution in [0.4, 0.5) is 0 Å². The smallest absolute Gasteiger partial charge is 0.311 e. The van der Waals surface area contributed by atoms with E-state index < -0.39 is 11.5 Å². The monoisotopic (exact) mass is 348 g/mol. The fourth-order valence-electron chi connectivity index (χ4n) is 3.94. The third-order valence-electron chi connectivity index (χ3n) is 5.24. The van der Waals surface area contributed by atoms with Crippen molar-refractivity contribution < 1.29 is 23.6 Å². The van der Waals surface area contributed by atoms with E-state index in [1.807, 2.05) is 18.2 Å². The molecule has 7 heteroatoms. The first-order valence-corrected chi connectivity index (χ1v) is 8.48. The van der Waals surface area contributed by atoms with Gasteiger partial charge in [-0.15, -0.1) is 0 Å². The molecule has 0 N–H and O–H groups in total. The molecule has 1 unspecified atom stereocenters. The standard InChI is InChI=1S/C18H24N2O5/c1-23-17(22)15-13-16(21)20(24-2)18(15)7-10-19(11-8-18)9-3-5-14-6-4-12-25-14/h3-6,12,15H,7-11,13H2,1-2H3/b5-3+. The number of furan rings is 1. The lowest BCUT2D eigenvalue weighted by atomic mass is 9.77. The van der Waals surface area contributed by atoms with Crippen LogP contribution in [0.5, 0.6) is 0 Å². The minimum atomic E-state index is -0.597. The van der Waals surface area contributed by atoms with Crippen LogP contribution in [0.1, 0.15) is 25.0 Å². The maximum atomic E-state index is 12.3. The van der Waals surface area contributed by atoms with Crippen LogP contribution in [0.25, 0.3) is 6.08 Å². The maximum absolute atomic E-state index is 12.3. The quantitative estimate of drug-likeness (QED) is 0.755. The molecule has 7 nitrogen and oxygen atoms in total. The average Bonchev–Trinajstić information content (AvgIpc) is 3.23. The van der Waals surface area contributed by atoms with Gasteiger partial charge in [-0.1, -0.05) is 6.08 Å². The molecule has 0 aromatic carbocycles. The lowest BCUT2D eigenvalue weighted by Gasteiger charge is -2.45. The highest BCUT2D eigenvalue weighted by Crippen LogP contribution is 2.44. The molecule has 0 bridgehead atoms. The summed E-state index contributed by atoms with van der Waals surface area (Å²) in [5.41, 5.74) is -0.597. The second-order valence-electron chi connectivity index (χ2n) is 6.47. The second kappa shape index (κ2) is 7.41. The van der Waals surface area contributed by atoms with Crippen molar-refractivity contribution in [3.8, 4) is 0 Å². The molecule has 0 saturated carbocycles. The Labute approximate surface area is 147 Å². The third kappa shape index (κ3) is 3.34. The SMILES string of the molecule is COC(=O)C1CC(=O)N(OC)C12CCN(C/C=C/c1ccco1)CC2. The number of hydrogen-bond acceptors (Lipinski definition) is 6. The van der Waals surface area contributed by atoms with Gasteiger partial charge in [0.2, 0.25) is 5.91 Å². The number of carbonyl (C=O) groups excluding carboxylic acids is 2. The Morgan fingerprint density at radius 2 is 2.16 bits per heavy atom. The molecule has 3 heterocycles. The Balaban J connectivity index is 1.65. The zero-order valence-electron chi connectivity index (χ0n) is 14.6. The van der Waals surface area contributed by atoms with Crippen LogP contribution >= 0.6 is 0 Å². The molecule has 2 aliphatic rings. The maximum Gasteiger partial charge on any atom is 0.311 e. The van der Waals surface area contributed by atoms with Gasteiger partial charge in [0.25, 0.3) is 0 Å². The molecule has 0 aliphatic carbocycles. The summed E-state index contributed by atoms with van der Waals surface area (Å²) in [6.45, 7) is 2.35. The average molecular weight is 348 g/mol. The Bertz CT molecular complexity index is 630. The Hall–Kier alpha value is -2.12. The fraction of sp³-hybridized carbons (Fsp3) is 0.556. The highest BCUT2D eigenvalue weighted by atomic mass is 16.7. The fourth-order valence-corrected chi connectivity index (χ4v) is 3.94. The Kier molecular flexibility index (Phi) is 5.24. The first kappa shape index (κ1) is 17.7. The van der Waals surface area contributed by atoms with Crippen molar-refractivity contribution in [2.24, 2.45) is 5.92 Å². The molecule has 1 aromatic rings. The van der Waals surface area contributed by atoms with Crippen LogP contribution in [-0.4, -0.2) is 61.2 Å². The van der Waals surface area contributed by atoms with E-state index in [1.165, 1.54) is 19.3 Å². The Morgan fingerprint density at radius 1 is 1.40 bits per heavy atom. The van der Waals surface area contributed by atoms with Crippen LogP contribution < -0.4 is 0 Å². The number of ether oxygens (including phenoxy) is 1. The van der Waals surface area contributed by atoms with Gasteiger partial charge in [-0.2, -0.15) is 0 Å². The van der Waals surface area contributed by atoms with Gasteiger partial charge in [0.1, 0.15) is 5.76 Å². The molecule has 1 amide bonds. The second-order valence-corrected chi connectivity index (χ2v) is 6.47. The van der Waals surface area contributed by atoms with E-state index in [9.17, 15) is 9.59 Å². The molecule has 2 saturated heterocycles. The van der Waals surface area contributed by atoms with Gasteiger partial charge in [-0.3, -0.25) is 19.3 Å². The van der Waals surface area contributed by atoms with Crippen molar-refractivity contribution in [3.05, 3.63) is 30.2 Å². The van der Waals surface area contributed by atoms with Crippen LogP contribution in [0.3, 0.4) is 0 Å². The van der Waals surface area contributed by atoms with Crippen molar-refractivity contribution in [1.29, 1.82) is 0 Å². The number of nitrogens with zero attached hydrogens (tertiary/aromatic N) is 2. The van der Waals surface area contributed by atoms with Crippen molar-refractivity contribution in [1.82, 2.24) is 9.96 Å². The molecule has 3 rings (SSSR count). The first-order chi connectivity index (χ1) is 12.1. The van der Waals surface area contributed by atoms with E-state index in [2.05, 4.69) is 11.0 Å². The van der Waals surface area contributed by atoms with Crippen molar-refractivity contribution >= 4 is 18.0 Å². The summed E-state index contributed by atoms with van der Waals surface area (Å²) in [6, 6.07) is 3.76. The minimum Gasteiger partial charge on any atom is -0.469 e. The number of rotatable bonds is 5. The van der Waals surface area contributed by atoms with Crippen molar-refractivity contribution in [2.75, 3.05) is 33.9 Å². The molecule has 1 spiro atoms. The summed E-state index contributed by atoms with van der Waals surface area (Å²) in [7, 11) is 2.85. The Morgan fingerprint density at radius 3 is 2.76 bits per heavy atom.